The quantitative estimate of drug-likeness (QED) is 0.278. The maximum absolute atomic E-state index is 14.2. The van der Waals surface area contributed by atoms with Crippen LogP contribution in [0.25, 0.3) is 0 Å². The van der Waals surface area contributed by atoms with Crippen molar-refractivity contribution < 1.29 is 21.6 Å². The summed E-state index contributed by atoms with van der Waals surface area (Å²) in [5.41, 5.74) is -1.67. The van der Waals surface area contributed by atoms with Gasteiger partial charge in [0.2, 0.25) is 0 Å². The lowest BCUT2D eigenvalue weighted by Crippen LogP contribution is -2.42. The fourth-order valence-corrected chi connectivity index (χ4v) is 12.5. The molecule has 208 valence electrons. The fraction of sp³-hybridized carbons (Fsp3) is 0.406. The van der Waals surface area contributed by atoms with Gasteiger partial charge in [-0.15, -0.1) is 0 Å². The van der Waals surface area contributed by atoms with E-state index in [2.05, 4.69) is 0 Å². The minimum Gasteiger partial charge on any atom is -0.488 e. The summed E-state index contributed by atoms with van der Waals surface area (Å²) in [6.45, 7) is 10.1. The zero-order valence-electron chi connectivity index (χ0n) is 23.3. The van der Waals surface area contributed by atoms with Gasteiger partial charge < -0.3 is 4.74 Å². The largest absolute Gasteiger partial charge is 0.488 e. The van der Waals surface area contributed by atoms with Crippen molar-refractivity contribution >= 4 is 26.2 Å². The highest BCUT2D eigenvalue weighted by atomic mass is 32.3. The molecule has 3 aromatic rings. The third-order valence-corrected chi connectivity index (χ3v) is 13.8. The van der Waals surface area contributed by atoms with E-state index in [1.807, 2.05) is 120 Å². The number of rotatable bonds is 8. The second-order valence-electron chi connectivity index (χ2n) is 12.3. The number of hydrogen-bond donors (Lipinski definition) is 0. The highest BCUT2D eigenvalue weighted by molar-refractivity contribution is 8.33. The van der Waals surface area contributed by atoms with E-state index in [0.29, 0.717) is 18.6 Å². The average Bonchev–Trinajstić information content (AvgIpc) is 3.22. The second kappa shape index (κ2) is 9.79. The molecule has 2 unspecified atom stereocenters. The van der Waals surface area contributed by atoms with Crippen LogP contribution in [0.2, 0.25) is 0 Å². The van der Waals surface area contributed by atoms with Gasteiger partial charge in [-0.05, 0) is 104 Å². The van der Waals surface area contributed by atoms with E-state index in [9.17, 15) is 13.2 Å². The van der Waals surface area contributed by atoms with Gasteiger partial charge in [0.15, 0.2) is 0 Å². The molecule has 0 saturated heterocycles. The Hall–Kier alpha value is -2.61. The van der Waals surface area contributed by atoms with Crippen LogP contribution < -0.4 is 4.74 Å². The lowest BCUT2D eigenvalue weighted by molar-refractivity contribution is -0.128. The summed E-state index contributed by atoms with van der Waals surface area (Å²) in [5.74, 6) is 0.662. The predicted molar refractivity (Wildman–Crippen MR) is 156 cm³/mol. The Bertz CT molecular complexity index is 1400. The SMILES string of the molecule is CC(C)(C)Oc1ccc(S(OS(=O)(=O)CC23CCC(CC2=O)C3(C)C)(c2ccccc2)c2ccccc2)cc1. The molecule has 2 bridgehead atoms. The van der Waals surface area contributed by atoms with Crippen molar-refractivity contribution in [3.8, 4) is 5.75 Å². The molecule has 5 rings (SSSR count). The van der Waals surface area contributed by atoms with Crippen LogP contribution in [-0.4, -0.2) is 25.6 Å². The summed E-state index contributed by atoms with van der Waals surface area (Å²) in [7, 11) is -6.89. The molecule has 2 saturated carbocycles. The Balaban J connectivity index is 1.65. The van der Waals surface area contributed by atoms with Crippen LogP contribution in [0.15, 0.2) is 99.6 Å². The Kier molecular flexibility index (Phi) is 7.01. The molecule has 7 heteroatoms. The zero-order chi connectivity index (χ0) is 28.1. The third-order valence-electron chi connectivity index (χ3n) is 8.50. The molecule has 0 aliphatic heterocycles. The van der Waals surface area contributed by atoms with Crippen molar-refractivity contribution in [2.24, 2.45) is 16.7 Å². The Morgan fingerprint density at radius 1 is 0.821 bits per heavy atom. The number of ketones is 1. The average molecular weight is 567 g/mol. The standard InChI is InChI=1S/C32H38O5S2/c1-30(2,3)36-25-16-18-28(19-17-25)39(26-12-8-6-9-13-26,27-14-10-7-11-15-27)37-38(34,35)23-32-21-20-24(22-29(32)33)31(32,4)5/h6-19,24H,20-23H2,1-5H3. The van der Waals surface area contributed by atoms with Gasteiger partial charge in [-0.25, -0.2) is 3.63 Å². The molecule has 5 nitrogen and oxygen atoms in total. The van der Waals surface area contributed by atoms with E-state index in [1.54, 1.807) is 0 Å². The summed E-state index contributed by atoms with van der Waals surface area (Å²) in [4.78, 5) is 15.5. The topological polar surface area (TPSA) is 69.7 Å². The van der Waals surface area contributed by atoms with Crippen molar-refractivity contribution in [1.29, 1.82) is 0 Å². The summed E-state index contributed by atoms with van der Waals surface area (Å²) < 4.78 is 41.0. The van der Waals surface area contributed by atoms with Crippen molar-refractivity contribution in [3.63, 3.8) is 0 Å². The molecule has 0 spiro atoms. The second-order valence-corrected chi connectivity index (χ2v) is 16.8. The Labute approximate surface area is 234 Å². The molecule has 2 atom stereocenters. The van der Waals surface area contributed by atoms with E-state index >= 15 is 0 Å². The molecule has 2 aliphatic rings. The number of Topliss-reactive ketones (excluding diaryl/α,β-unsaturated/α-hetero) is 1. The van der Waals surface area contributed by atoms with Gasteiger partial charge in [-0.1, -0.05) is 50.2 Å². The van der Waals surface area contributed by atoms with Crippen molar-refractivity contribution in [2.75, 3.05) is 5.75 Å². The third kappa shape index (κ3) is 4.94. The first-order valence-corrected chi connectivity index (χ1v) is 16.6. The molecule has 0 amide bonds. The van der Waals surface area contributed by atoms with Crippen LogP contribution >= 0.6 is 10.3 Å². The Morgan fingerprint density at radius 2 is 1.33 bits per heavy atom. The predicted octanol–water partition coefficient (Wildman–Crippen LogP) is 7.80. The van der Waals surface area contributed by atoms with E-state index < -0.39 is 25.8 Å². The molecule has 0 radical (unpaired) electrons. The zero-order valence-corrected chi connectivity index (χ0v) is 25.0. The number of carbonyl (C=O) groups is 1. The van der Waals surface area contributed by atoms with Crippen molar-refractivity contribution in [1.82, 2.24) is 0 Å². The van der Waals surface area contributed by atoms with Gasteiger partial charge in [-0.3, -0.25) is 4.79 Å². The first-order valence-electron chi connectivity index (χ1n) is 13.5. The molecule has 2 fully saturated rings. The molecule has 3 aromatic carbocycles. The smallest absolute Gasteiger partial charge is 0.278 e. The van der Waals surface area contributed by atoms with Crippen molar-refractivity contribution in [3.05, 3.63) is 84.9 Å². The summed E-state index contributed by atoms with van der Waals surface area (Å²) in [6.07, 6.45) is 1.91. The van der Waals surface area contributed by atoms with Gasteiger partial charge in [0.1, 0.15) is 17.1 Å². The molecule has 39 heavy (non-hydrogen) atoms. The van der Waals surface area contributed by atoms with Gasteiger partial charge in [-0.2, -0.15) is 8.42 Å². The Morgan fingerprint density at radius 3 is 1.77 bits per heavy atom. The van der Waals surface area contributed by atoms with Crippen LogP contribution in [0, 0.1) is 16.7 Å². The first kappa shape index (κ1) is 27.9. The van der Waals surface area contributed by atoms with Crippen LogP contribution in [0.4, 0.5) is 0 Å². The summed E-state index contributed by atoms with van der Waals surface area (Å²) >= 11 is 0. The number of ether oxygens (including phenoxy) is 1. The maximum atomic E-state index is 14.2. The summed E-state index contributed by atoms with van der Waals surface area (Å²) in [6, 6.07) is 26.6. The van der Waals surface area contributed by atoms with Gasteiger partial charge in [0, 0.05) is 21.1 Å². The summed E-state index contributed by atoms with van der Waals surface area (Å²) in [5, 5.41) is 0. The van der Waals surface area contributed by atoms with Crippen LogP contribution in [0.5, 0.6) is 5.75 Å². The molecule has 2 aliphatic carbocycles. The highest BCUT2D eigenvalue weighted by Gasteiger charge is 2.65. The molecule has 0 heterocycles. The van der Waals surface area contributed by atoms with Crippen LogP contribution in [-0.2, 0) is 18.5 Å². The minimum atomic E-state index is -4.17. The van der Waals surface area contributed by atoms with Gasteiger partial charge >= 0.3 is 0 Å². The van der Waals surface area contributed by atoms with Gasteiger partial charge in [0.25, 0.3) is 10.1 Å². The van der Waals surface area contributed by atoms with Crippen molar-refractivity contribution in [2.45, 2.75) is 74.2 Å². The molecule has 0 aromatic heterocycles. The molecular weight excluding hydrogens is 528 g/mol. The number of benzene rings is 3. The normalized spacial score (nSPS) is 23.1. The number of hydrogen-bond acceptors (Lipinski definition) is 5. The number of fused-ring (bicyclic) bond motifs is 2. The van der Waals surface area contributed by atoms with E-state index in [-0.39, 0.29) is 28.5 Å². The molecular formula is C32H38O5S2. The lowest BCUT2D eigenvalue weighted by Gasteiger charge is -2.41. The van der Waals surface area contributed by atoms with E-state index in [1.165, 1.54) is 0 Å². The fourth-order valence-electron chi connectivity index (χ4n) is 6.39. The number of carbonyl (C=O) groups excluding carboxylic acids is 1. The lowest BCUT2D eigenvalue weighted by atomic mass is 9.70. The minimum absolute atomic E-state index is 0.0552. The van der Waals surface area contributed by atoms with Gasteiger partial charge in [0.05, 0.1) is 11.2 Å². The van der Waals surface area contributed by atoms with E-state index in [4.69, 9.17) is 8.37 Å². The molecule has 0 N–H and O–H groups in total. The van der Waals surface area contributed by atoms with Crippen LogP contribution in [0.1, 0.15) is 53.9 Å². The monoisotopic (exact) mass is 566 g/mol. The van der Waals surface area contributed by atoms with E-state index in [0.717, 1.165) is 21.1 Å². The maximum Gasteiger partial charge on any atom is 0.278 e. The highest BCUT2D eigenvalue weighted by Crippen LogP contribution is 2.71. The van der Waals surface area contributed by atoms with Crippen LogP contribution in [0.3, 0.4) is 0 Å². The first-order chi connectivity index (χ1) is 18.3.